The topological polar surface area (TPSA) is 63.1 Å². The van der Waals surface area contributed by atoms with Crippen LogP contribution in [0.2, 0.25) is 0 Å². The number of halogens is 1. The zero-order chi connectivity index (χ0) is 17.9. The van der Waals surface area contributed by atoms with Gasteiger partial charge in [-0.15, -0.1) is 0 Å². The summed E-state index contributed by atoms with van der Waals surface area (Å²) in [4.78, 5) is 15.6. The largest absolute Gasteiger partial charge is 0.369 e. The van der Waals surface area contributed by atoms with Crippen LogP contribution in [0.5, 0.6) is 0 Å². The van der Waals surface area contributed by atoms with Gasteiger partial charge in [0.1, 0.15) is 23.4 Å². The molecule has 3 aromatic rings. The Morgan fingerprint density at radius 2 is 1.81 bits per heavy atom. The average molecular weight is 353 g/mol. The van der Waals surface area contributed by atoms with Crippen molar-refractivity contribution in [3.8, 4) is 0 Å². The molecule has 6 nitrogen and oxygen atoms in total. The average Bonchev–Trinajstić information content (AvgIpc) is 3.26. The molecule has 0 radical (unpaired) electrons. The maximum absolute atomic E-state index is 13.9. The van der Waals surface area contributed by atoms with E-state index in [2.05, 4.69) is 15.5 Å². The molecular formula is C19H20FN5O. The first-order valence-corrected chi connectivity index (χ1v) is 8.75. The molecule has 0 bridgehead atoms. The summed E-state index contributed by atoms with van der Waals surface area (Å²) in [5.41, 5.74) is 2.18. The van der Waals surface area contributed by atoms with Crippen molar-refractivity contribution >= 4 is 22.6 Å². The lowest BCUT2D eigenvalue weighted by atomic mass is 10.1. The molecule has 0 aliphatic carbocycles. The normalized spacial score (nSPS) is 17.0. The smallest absolute Gasteiger partial charge is 0.243 e. The van der Waals surface area contributed by atoms with Crippen molar-refractivity contribution in [3.63, 3.8) is 0 Å². The summed E-state index contributed by atoms with van der Waals surface area (Å²) in [7, 11) is 0. The molecule has 134 valence electrons. The molecule has 1 amide bonds. The Hall–Kier alpha value is -2.96. The fourth-order valence-corrected chi connectivity index (χ4v) is 3.34. The number of anilines is 1. The Bertz CT molecular complexity index is 892. The molecule has 1 saturated heterocycles. The number of amides is 1. The number of nitrogens with one attached hydrogen (secondary N) is 1. The second kappa shape index (κ2) is 7.11. The van der Waals surface area contributed by atoms with Crippen molar-refractivity contribution in [2.75, 3.05) is 24.5 Å². The highest BCUT2D eigenvalue weighted by molar-refractivity contribution is 5.77. The first kappa shape index (κ1) is 16.5. The van der Waals surface area contributed by atoms with Crippen LogP contribution in [-0.2, 0) is 11.3 Å². The van der Waals surface area contributed by atoms with Crippen molar-refractivity contribution in [1.82, 2.24) is 20.3 Å². The number of para-hydroxylation sites is 1. The third kappa shape index (κ3) is 3.51. The van der Waals surface area contributed by atoms with E-state index in [1.165, 1.54) is 10.9 Å². The van der Waals surface area contributed by atoms with Crippen molar-refractivity contribution in [3.05, 3.63) is 54.3 Å². The predicted molar refractivity (Wildman–Crippen MR) is 97.3 cm³/mol. The maximum Gasteiger partial charge on any atom is 0.243 e. The van der Waals surface area contributed by atoms with Gasteiger partial charge in [-0.25, -0.2) is 4.39 Å². The second-order valence-corrected chi connectivity index (χ2v) is 6.58. The highest BCUT2D eigenvalue weighted by Crippen LogP contribution is 2.25. The summed E-state index contributed by atoms with van der Waals surface area (Å²) in [5, 5.41) is 11.5. The molecule has 0 unspecified atom stereocenters. The second-order valence-electron chi connectivity index (χ2n) is 6.58. The van der Waals surface area contributed by atoms with Gasteiger partial charge in [-0.1, -0.05) is 24.3 Å². The van der Waals surface area contributed by atoms with Crippen LogP contribution in [0.4, 0.5) is 10.1 Å². The number of fused-ring (bicyclic) bond motifs is 1. The van der Waals surface area contributed by atoms with Gasteiger partial charge in [0.25, 0.3) is 0 Å². The Kier molecular flexibility index (Phi) is 4.51. The molecule has 1 aliphatic heterocycles. The number of hydrogen-bond donors (Lipinski definition) is 1. The van der Waals surface area contributed by atoms with Crippen LogP contribution in [0, 0.1) is 11.7 Å². The van der Waals surface area contributed by atoms with E-state index in [4.69, 9.17) is 0 Å². The van der Waals surface area contributed by atoms with Crippen molar-refractivity contribution in [2.24, 2.45) is 5.92 Å². The number of carbonyl (C=O) groups is 1. The zero-order valence-corrected chi connectivity index (χ0v) is 14.3. The van der Waals surface area contributed by atoms with Gasteiger partial charge in [0.2, 0.25) is 5.91 Å². The van der Waals surface area contributed by atoms with Crippen LogP contribution in [0.1, 0.15) is 6.42 Å². The van der Waals surface area contributed by atoms with E-state index in [1.807, 2.05) is 35.2 Å². The molecular weight excluding hydrogens is 333 g/mol. The third-order valence-electron chi connectivity index (χ3n) is 4.68. The number of benzene rings is 2. The van der Waals surface area contributed by atoms with Gasteiger partial charge in [-0.3, -0.25) is 4.79 Å². The van der Waals surface area contributed by atoms with E-state index in [0.29, 0.717) is 18.2 Å². The minimum absolute atomic E-state index is 0.0957. The van der Waals surface area contributed by atoms with Gasteiger partial charge in [0.05, 0.1) is 5.69 Å². The standard InChI is InChI=1S/C19H20FN5O/c20-15-5-1-4-8-18(15)24-10-9-14(12-24)11-21-19(26)13-25-22-16-6-2-3-7-17(16)23-25/h1-8,14H,9-13H2,(H,21,26)/t14-/m0/s1. The van der Waals surface area contributed by atoms with Gasteiger partial charge in [0.15, 0.2) is 0 Å². The van der Waals surface area contributed by atoms with Gasteiger partial charge < -0.3 is 10.2 Å². The molecule has 2 aromatic carbocycles. The van der Waals surface area contributed by atoms with Crippen molar-refractivity contribution in [2.45, 2.75) is 13.0 Å². The van der Waals surface area contributed by atoms with Gasteiger partial charge in [0, 0.05) is 19.6 Å². The Morgan fingerprint density at radius 3 is 2.54 bits per heavy atom. The van der Waals surface area contributed by atoms with Crippen LogP contribution in [-0.4, -0.2) is 40.5 Å². The summed E-state index contributed by atoms with van der Waals surface area (Å²) in [6, 6.07) is 14.3. The zero-order valence-electron chi connectivity index (χ0n) is 14.3. The summed E-state index contributed by atoms with van der Waals surface area (Å²) in [6.45, 7) is 2.21. The molecule has 2 heterocycles. The van der Waals surface area contributed by atoms with E-state index in [-0.39, 0.29) is 18.3 Å². The summed E-state index contributed by atoms with van der Waals surface area (Å²) < 4.78 is 13.9. The van der Waals surface area contributed by atoms with E-state index >= 15 is 0 Å². The molecule has 1 atom stereocenters. The number of rotatable bonds is 5. The van der Waals surface area contributed by atoms with Crippen LogP contribution in [0.3, 0.4) is 0 Å². The number of aromatic nitrogens is 3. The van der Waals surface area contributed by atoms with Crippen LogP contribution in [0.15, 0.2) is 48.5 Å². The van der Waals surface area contributed by atoms with Gasteiger partial charge in [-0.05, 0) is 36.6 Å². The Labute approximate surface area is 150 Å². The van der Waals surface area contributed by atoms with E-state index in [1.54, 1.807) is 12.1 Å². The molecule has 1 N–H and O–H groups in total. The van der Waals surface area contributed by atoms with Crippen molar-refractivity contribution in [1.29, 1.82) is 0 Å². The predicted octanol–water partition coefficient (Wildman–Crippen LogP) is 2.21. The fraction of sp³-hybridized carbons (Fsp3) is 0.316. The van der Waals surface area contributed by atoms with Crippen LogP contribution in [0.25, 0.3) is 11.0 Å². The first-order chi connectivity index (χ1) is 12.7. The molecule has 1 aromatic heterocycles. The van der Waals surface area contributed by atoms with E-state index in [0.717, 1.165) is 30.5 Å². The van der Waals surface area contributed by atoms with Crippen LogP contribution >= 0.6 is 0 Å². The minimum Gasteiger partial charge on any atom is -0.369 e. The summed E-state index contributed by atoms with van der Waals surface area (Å²) >= 11 is 0. The molecule has 26 heavy (non-hydrogen) atoms. The van der Waals surface area contributed by atoms with Gasteiger partial charge in [-0.2, -0.15) is 15.0 Å². The molecule has 1 fully saturated rings. The van der Waals surface area contributed by atoms with Crippen molar-refractivity contribution < 1.29 is 9.18 Å². The van der Waals surface area contributed by atoms with E-state index in [9.17, 15) is 9.18 Å². The summed E-state index contributed by atoms with van der Waals surface area (Å²) in [6.07, 6.45) is 0.929. The Balaban J connectivity index is 1.29. The molecule has 0 saturated carbocycles. The lowest BCUT2D eigenvalue weighted by Gasteiger charge is -2.19. The highest BCUT2D eigenvalue weighted by atomic mass is 19.1. The minimum atomic E-state index is -0.200. The molecule has 0 spiro atoms. The third-order valence-corrected chi connectivity index (χ3v) is 4.68. The monoisotopic (exact) mass is 353 g/mol. The fourth-order valence-electron chi connectivity index (χ4n) is 3.34. The van der Waals surface area contributed by atoms with E-state index < -0.39 is 0 Å². The molecule has 4 rings (SSSR count). The lowest BCUT2D eigenvalue weighted by Crippen LogP contribution is -2.33. The first-order valence-electron chi connectivity index (χ1n) is 8.75. The number of carbonyl (C=O) groups excluding carboxylic acids is 1. The number of nitrogens with zero attached hydrogens (tertiary/aromatic N) is 4. The summed E-state index contributed by atoms with van der Waals surface area (Å²) in [5.74, 6) is -0.00753. The molecule has 7 heteroatoms. The number of hydrogen-bond acceptors (Lipinski definition) is 4. The SMILES string of the molecule is O=C(Cn1nc2ccccc2n1)NC[C@@H]1CCN(c2ccccc2F)C1. The Morgan fingerprint density at radius 1 is 1.12 bits per heavy atom. The highest BCUT2D eigenvalue weighted by Gasteiger charge is 2.24. The van der Waals surface area contributed by atoms with Gasteiger partial charge >= 0.3 is 0 Å². The lowest BCUT2D eigenvalue weighted by molar-refractivity contribution is -0.122. The maximum atomic E-state index is 13.9. The van der Waals surface area contributed by atoms with Crippen LogP contribution < -0.4 is 10.2 Å². The molecule has 1 aliphatic rings. The quantitative estimate of drug-likeness (QED) is 0.764.